The van der Waals surface area contributed by atoms with E-state index in [1.807, 2.05) is 0 Å². The highest BCUT2D eigenvalue weighted by atomic mass is 16.2. The van der Waals surface area contributed by atoms with Gasteiger partial charge in [0.05, 0.1) is 0 Å². The lowest BCUT2D eigenvalue weighted by atomic mass is 10.4. The molecule has 2 heterocycles. The van der Waals surface area contributed by atoms with Crippen LogP contribution in [0.25, 0.3) is 0 Å². The Morgan fingerprint density at radius 2 is 2.00 bits per heavy atom. The largest absolute Gasteiger partial charge is 0.339 e. The number of rotatable bonds is 3. The lowest BCUT2D eigenvalue weighted by Gasteiger charge is -2.11. The molecule has 0 unspecified atom stereocenters. The summed E-state index contributed by atoms with van der Waals surface area (Å²) in [5.74, 6) is 0.0192. The first-order valence-electron chi connectivity index (χ1n) is 5.95. The van der Waals surface area contributed by atoms with Crippen molar-refractivity contribution in [2.24, 2.45) is 0 Å². The molecule has 1 saturated heterocycles. The molecule has 1 aromatic heterocycles. The van der Waals surface area contributed by atoms with E-state index in [4.69, 9.17) is 0 Å². The maximum atomic E-state index is 11.6. The molecular weight excluding hydrogens is 230 g/mol. The summed E-state index contributed by atoms with van der Waals surface area (Å²) in [4.78, 5) is 28.9. The van der Waals surface area contributed by atoms with Gasteiger partial charge >= 0.3 is 0 Å². The standard InChI is InChI=1S/C13H15N3O2/c17-12(15-11-5-1-2-8-14-11)6-7-13(18)16-9-3-4-10-16/h1-2,5-8H,3-4,9-10H2,(H,14,15,17)/b7-6-. The number of hydrogen-bond acceptors (Lipinski definition) is 3. The Kier molecular flexibility index (Phi) is 4.06. The second-order valence-electron chi connectivity index (χ2n) is 4.07. The smallest absolute Gasteiger partial charge is 0.249 e. The summed E-state index contributed by atoms with van der Waals surface area (Å²) in [7, 11) is 0. The minimum absolute atomic E-state index is 0.108. The summed E-state index contributed by atoms with van der Waals surface area (Å²) in [6.45, 7) is 1.57. The van der Waals surface area contributed by atoms with Gasteiger partial charge in [-0.2, -0.15) is 0 Å². The van der Waals surface area contributed by atoms with Gasteiger partial charge in [-0.3, -0.25) is 9.59 Å². The zero-order valence-corrected chi connectivity index (χ0v) is 10.0. The summed E-state index contributed by atoms with van der Waals surface area (Å²) < 4.78 is 0. The quantitative estimate of drug-likeness (QED) is 0.814. The molecule has 0 saturated carbocycles. The molecule has 0 bridgehead atoms. The minimum Gasteiger partial charge on any atom is -0.339 e. The number of aromatic nitrogens is 1. The molecule has 1 aliphatic rings. The van der Waals surface area contributed by atoms with Gasteiger partial charge in [0, 0.05) is 31.4 Å². The normalized spacial score (nSPS) is 15.0. The molecule has 0 aliphatic carbocycles. The summed E-state index contributed by atoms with van der Waals surface area (Å²) in [5.41, 5.74) is 0. The molecule has 2 rings (SSSR count). The Bertz CT molecular complexity index is 451. The molecule has 0 spiro atoms. The molecule has 0 aromatic carbocycles. The average Bonchev–Trinajstić information content (AvgIpc) is 2.91. The van der Waals surface area contributed by atoms with E-state index in [1.165, 1.54) is 12.2 Å². The number of amides is 2. The summed E-state index contributed by atoms with van der Waals surface area (Å²) in [6, 6.07) is 5.23. The molecule has 5 heteroatoms. The predicted octanol–water partition coefficient (Wildman–Crippen LogP) is 1.20. The number of pyridine rings is 1. The van der Waals surface area contributed by atoms with E-state index in [0.29, 0.717) is 5.82 Å². The Morgan fingerprint density at radius 1 is 1.22 bits per heavy atom. The number of likely N-dealkylation sites (tertiary alicyclic amines) is 1. The first kappa shape index (κ1) is 12.3. The van der Waals surface area contributed by atoms with E-state index in [9.17, 15) is 9.59 Å². The van der Waals surface area contributed by atoms with Crippen molar-refractivity contribution in [1.82, 2.24) is 9.88 Å². The van der Waals surface area contributed by atoms with Crippen molar-refractivity contribution in [3.63, 3.8) is 0 Å². The second kappa shape index (κ2) is 5.95. The Hall–Kier alpha value is -2.17. The summed E-state index contributed by atoms with van der Waals surface area (Å²) in [6.07, 6.45) is 6.23. The monoisotopic (exact) mass is 245 g/mol. The summed E-state index contributed by atoms with van der Waals surface area (Å²) >= 11 is 0. The topological polar surface area (TPSA) is 62.3 Å². The van der Waals surface area contributed by atoms with Crippen molar-refractivity contribution in [3.8, 4) is 0 Å². The highest BCUT2D eigenvalue weighted by Crippen LogP contribution is 2.07. The van der Waals surface area contributed by atoms with Crippen LogP contribution in [0.2, 0.25) is 0 Å². The van der Waals surface area contributed by atoms with Gasteiger partial charge in [0.2, 0.25) is 11.8 Å². The number of nitrogens with zero attached hydrogens (tertiary/aromatic N) is 2. The van der Waals surface area contributed by atoms with Crippen molar-refractivity contribution in [3.05, 3.63) is 36.5 Å². The minimum atomic E-state index is -0.346. The highest BCUT2D eigenvalue weighted by molar-refractivity contribution is 6.03. The van der Waals surface area contributed by atoms with Crippen LogP contribution in [-0.4, -0.2) is 34.8 Å². The van der Waals surface area contributed by atoms with Crippen LogP contribution >= 0.6 is 0 Å². The fourth-order valence-corrected chi connectivity index (χ4v) is 1.79. The molecule has 94 valence electrons. The van der Waals surface area contributed by atoms with E-state index in [-0.39, 0.29) is 11.8 Å². The van der Waals surface area contributed by atoms with Crippen molar-refractivity contribution in [1.29, 1.82) is 0 Å². The molecule has 18 heavy (non-hydrogen) atoms. The van der Waals surface area contributed by atoms with Crippen LogP contribution in [0.4, 0.5) is 5.82 Å². The lowest BCUT2D eigenvalue weighted by Crippen LogP contribution is -2.26. The number of nitrogens with one attached hydrogen (secondary N) is 1. The zero-order chi connectivity index (χ0) is 12.8. The Labute approximate surface area is 106 Å². The maximum absolute atomic E-state index is 11.6. The lowest BCUT2D eigenvalue weighted by molar-refractivity contribution is -0.125. The third-order valence-corrected chi connectivity index (χ3v) is 2.71. The van der Waals surface area contributed by atoms with Gasteiger partial charge in [-0.25, -0.2) is 4.98 Å². The number of anilines is 1. The number of hydrogen-bond donors (Lipinski definition) is 1. The molecule has 5 nitrogen and oxygen atoms in total. The van der Waals surface area contributed by atoms with Crippen LogP contribution in [0.5, 0.6) is 0 Å². The van der Waals surface area contributed by atoms with Crippen molar-refractivity contribution >= 4 is 17.6 Å². The van der Waals surface area contributed by atoms with Crippen molar-refractivity contribution in [2.75, 3.05) is 18.4 Å². The maximum Gasteiger partial charge on any atom is 0.249 e. The van der Waals surface area contributed by atoms with E-state index in [0.717, 1.165) is 25.9 Å². The molecule has 0 atom stereocenters. The van der Waals surface area contributed by atoms with Gasteiger partial charge in [-0.1, -0.05) is 6.07 Å². The van der Waals surface area contributed by atoms with E-state index in [1.54, 1.807) is 29.3 Å². The second-order valence-corrected chi connectivity index (χ2v) is 4.07. The highest BCUT2D eigenvalue weighted by Gasteiger charge is 2.15. The van der Waals surface area contributed by atoms with Crippen LogP contribution in [0, 0.1) is 0 Å². The van der Waals surface area contributed by atoms with Crippen LogP contribution in [-0.2, 0) is 9.59 Å². The third kappa shape index (κ3) is 3.41. The van der Waals surface area contributed by atoms with Crippen LogP contribution in [0.1, 0.15) is 12.8 Å². The molecule has 1 aliphatic heterocycles. The molecular formula is C13H15N3O2. The first-order chi connectivity index (χ1) is 8.75. The molecule has 1 aromatic rings. The Balaban J connectivity index is 1.85. The van der Waals surface area contributed by atoms with Crippen LogP contribution < -0.4 is 5.32 Å². The van der Waals surface area contributed by atoms with Crippen molar-refractivity contribution in [2.45, 2.75) is 12.8 Å². The van der Waals surface area contributed by atoms with Gasteiger partial charge < -0.3 is 10.2 Å². The molecule has 0 radical (unpaired) electrons. The fraction of sp³-hybridized carbons (Fsp3) is 0.308. The van der Waals surface area contributed by atoms with Crippen LogP contribution in [0.15, 0.2) is 36.5 Å². The van der Waals surface area contributed by atoms with Gasteiger partial charge in [-0.05, 0) is 25.0 Å². The van der Waals surface area contributed by atoms with E-state index >= 15 is 0 Å². The molecule has 2 amide bonds. The zero-order valence-electron chi connectivity index (χ0n) is 10.0. The number of carbonyl (C=O) groups is 2. The van der Waals surface area contributed by atoms with Gasteiger partial charge in [-0.15, -0.1) is 0 Å². The predicted molar refractivity (Wildman–Crippen MR) is 67.8 cm³/mol. The summed E-state index contributed by atoms with van der Waals surface area (Å²) in [5, 5.41) is 2.58. The van der Waals surface area contributed by atoms with Gasteiger partial charge in [0.15, 0.2) is 0 Å². The number of carbonyl (C=O) groups excluding carboxylic acids is 2. The molecule has 1 fully saturated rings. The Morgan fingerprint density at radius 3 is 2.67 bits per heavy atom. The third-order valence-electron chi connectivity index (χ3n) is 2.71. The van der Waals surface area contributed by atoms with Crippen molar-refractivity contribution < 1.29 is 9.59 Å². The SMILES string of the molecule is O=C(/C=C\C(=O)N1CCCC1)Nc1ccccn1. The van der Waals surface area contributed by atoms with E-state index in [2.05, 4.69) is 10.3 Å². The van der Waals surface area contributed by atoms with Gasteiger partial charge in [0.1, 0.15) is 5.82 Å². The van der Waals surface area contributed by atoms with E-state index < -0.39 is 0 Å². The fourth-order valence-electron chi connectivity index (χ4n) is 1.79. The first-order valence-corrected chi connectivity index (χ1v) is 5.95. The molecule has 1 N–H and O–H groups in total. The average molecular weight is 245 g/mol. The van der Waals surface area contributed by atoms with Crippen LogP contribution in [0.3, 0.4) is 0 Å². The van der Waals surface area contributed by atoms with Gasteiger partial charge in [0.25, 0.3) is 0 Å².